The van der Waals surface area contributed by atoms with Gasteiger partial charge in [0.1, 0.15) is 0 Å². The van der Waals surface area contributed by atoms with E-state index in [0.29, 0.717) is 19.4 Å². The van der Waals surface area contributed by atoms with Crippen LogP contribution >= 0.6 is 0 Å². The fourth-order valence-corrected chi connectivity index (χ4v) is 7.71. The van der Waals surface area contributed by atoms with Crippen LogP contribution in [0.4, 0.5) is 0 Å². The summed E-state index contributed by atoms with van der Waals surface area (Å²) in [5.74, 6) is -0.128. The summed E-state index contributed by atoms with van der Waals surface area (Å²) in [7, 11) is 0. The summed E-state index contributed by atoms with van der Waals surface area (Å²) in [6.45, 7) is 4.81. The van der Waals surface area contributed by atoms with Gasteiger partial charge in [0.25, 0.3) is 0 Å². The Morgan fingerprint density at radius 2 is 0.820 bits per heavy atom. The number of esters is 1. The Labute approximate surface area is 378 Å². The van der Waals surface area contributed by atoms with E-state index in [1.54, 1.807) is 6.08 Å². The summed E-state index contributed by atoms with van der Waals surface area (Å²) in [5.41, 5.74) is 0. The molecule has 6 nitrogen and oxygen atoms in total. The molecule has 2 atom stereocenters. The molecule has 0 aliphatic heterocycles. The number of allylic oxidation sites excluding steroid dienone is 7. The first-order valence-corrected chi connectivity index (χ1v) is 26.4. The molecule has 0 saturated carbocycles. The van der Waals surface area contributed by atoms with Gasteiger partial charge in [-0.2, -0.15) is 0 Å². The van der Waals surface area contributed by atoms with Crippen molar-refractivity contribution in [2.24, 2.45) is 0 Å². The molecule has 356 valence electrons. The van der Waals surface area contributed by atoms with Crippen molar-refractivity contribution < 1.29 is 24.5 Å². The molecule has 0 aliphatic rings. The summed E-state index contributed by atoms with van der Waals surface area (Å²) in [4.78, 5) is 24.5. The van der Waals surface area contributed by atoms with E-state index in [0.717, 1.165) is 89.9 Å². The van der Waals surface area contributed by atoms with Crippen LogP contribution in [0.3, 0.4) is 0 Å². The van der Waals surface area contributed by atoms with Crippen LogP contribution < -0.4 is 5.32 Å². The number of amides is 1. The fraction of sp³-hybridized carbons (Fsp3) is 0.818. The summed E-state index contributed by atoms with van der Waals surface area (Å²) in [6.07, 6.45) is 62.5. The highest BCUT2D eigenvalue weighted by molar-refractivity contribution is 5.76. The van der Waals surface area contributed by atoms with Crippen molar-refractivity contribution in [2.45, 2.75) is 276 Å². The van der Waals surface area contributed by atoms with Gasteiger partial charge in [-0.1, -0.05) is 204 Å². The molecule has 61 heavy (non-hydrogen) atoms. The largest absolute Gasteiger partial charge is 0.466 e. The Bertz CT molecular complexity index is 1040. The molecule has 0 fully saturated rings. The van der Waals surface area contributed by atoms with Gasteiger partial charge in [-0.25, -0.2) is 0 Å². The average Bonchev–Trinajstić information content (AvgIpc) is 3.26. The second kappa shape index (κ2) is 50.5. The van der Waals surface area contributed by atoms with Gasteiger partial charge in [0, 0.05) is 12.8 Å². The molecule has 0 spiro atoms. The summed E-state index contributed by atoms with van der Waals surface area (Å²) in [6, 6.07) is -0.648. The Balaban J connectivity index is 3.55. The Morgan fingerprint density at radius 3 is 1.30 bits per heavy atom. The number of aliphatic hydroxyl groups excluding tert-OH is 2. The molecule has 0 heterocycles. The molecule has 0 aromatic heterocycles. The van der Waals surface area contributed by atoms with Crippen LogP contribution in [0.2, 0.25) is 0 Å². The molecular formula is C55H101NO5. The zero-order valence-corrected chi connectivity index (χ0v) is 40.4. The highest BCUT2D eigenvalue weighted by Crippen LogP contribution is 2.15. The van der Waals surface area contributed by atoms with Gasteiger partial charge < -0.3 is 20.3 Å². The summed E-state index contributed by atoms with van der Waals surface area (Å²) in [5, 5.41) is 23.0. The quantitative estimate of drug-likeness (QED) is 0.0322. The first-order valence-electron chi connectivity index (χ1n) is 26.4. The second-order valence-corrected chi connectivity index (χ2v) is 17.8. The maximum atomic E-state index is 12.4. The number of carbonyl (C=O) groups is 2. The van der Waals surface area contributed by atoms with Crippen molar-refractivity contribution in [2.75, 3.05) is 13.2 Å². The number of rotatable bonds is 48. The highest BCUT2D eigenvalue weighted by atomic mass is 16.5. The zero-order valence-electron chi connectivity index (χ0n) is 40.4. The lowest BCUT2D eigenvalue weighted by Gasteiger charge is -2.20. The molecule has 0 saturated heterocycles. The van der Waals surface area contributed by atoms with Gasteiger partial charge in [-0.05, 0) is 96.3 Å². The Hall–Kier alpha value is -2.18. The van der Waals surface area contributed by atoms with Gasteiger partial charge in [-0.15, -0.1) is 0 Å². The predicted molar refractivity (Wildman–Crippen MR) is 264 cm³/mol. The minimum absolute atomic E-state index is 0.0329. The minimum atomic E-state index is -0.861. The molecule has 2 unspecified atom stereocenters. The molecule has 0 aromatic carbocycles. The normalized spacial score (nSPS) is 13.0. The SMILES string of the molecule is CCCCC/C=C\C/C=C\CCCCCCCCCC(=O)OCCCCC/C=C\CCCCCCCC(=O)NC(CO)C(O)/C=C/CCCCCCCCCCCCCCC. The smallest absolute Gasteiger partial charge is 0.305 e. The third-order valence-corrected chi connectivity index (χ3v) is 11.8. The first kappa shape index (κ1) is 58.8. The maximum absolute atomic E-state index is 12.4. The number of carbonyl (C=O) groups excluding carboxylic acids is 2. The van der Waals surface area contributed by atoms with Crippen LogP contribution in [0, 0.1) is 0 Å². The van der Waals surface area contributed by atoms with E-state index in [1.807, 2.05) is 6.08 Å². The number of hydrogen-bond donors (Lipinski definition) is 3. The third-order valence-electron chi connectivity index (χ3n) is 11.8. The lowest BCUT2D eigenvalue weighted by Crippen LogP contribution is -2.45. The predicted octanol–water partition coefficient (Wildman–Crippen LogP) is 15.8. The van der Waals surface area contributed by atoms with Gasteiger partial charge in [0.15, 0.2) is 0 Å². The summed E-state index contributed by atoms with van der Waals surface area (Å²) >= 11 is 0. The standard InChI is InChI=1S/C55H101NO5/c1-3-5-7-9-11-13-15-17-19-20-22-24-29-33-37-41-45-49-55(60)61-50-46-42-38-34-30-26-25-28-32-36-40-44-48-54(59)56-52(51-57)53(58)47-43-39-35-31-27-23-21-18-16-14-12-10-8-6-4-2/h11,13,17,19,26,30,43,47,52-53,57-58H,3-10,12,14-16,18,20-25,27-29,31-42,44-46,48-51H2,1-2H3,(H,56,59)/b13-11-,19-17-,30-26-,47-43+. The van der Waals surface area contributed by atoms with Crippen LogP contribution in [0.25, 0.3) is 0 Å². The monoisotopic (exact) mass is 856 g/mol. The molecule has 6 heteroatoms. The number of ether oxygens (including phenoxy) is 1. The molecule has 0 aliphatic carbocycles. The summed E-state index contributed by atoms with van der Waals surface area (Å²) < 4.78 is 5.45. The van der Waals surface area contributed by atoms with Gasteiger partial charge in [0.2, 0.25) is 5.91 Å². The van der Waals surface area contributed by atoms with Crippen molar-refractivity contribution in [1.82, 2.24) is 5.32 Å². The Kier molecular flexibility index (Phi) is 48.7. The average molecular weight is 856 g/mol. The van der Waals surface area contributed by atoms with E-state index in [-0.39, 0.29) is 18.5 Å². The van der Waals surface area contributed by atoms with Crippen molar-refractivity contribution in [3.05, 3.63) is 48.6 Å². The van der Waals surface area contributed by atoms with Crippen LogP contribution in [0.1, 0.15) is 264 Å². The van der Waals surface area contributed by atoms with E-state index < -0.39 is 12.1 Å². The van der Waals surface area contributed by atoms with E-state index in [4.69, 9.17) is 4.74 Å². The van der Waals surface area contributed by atoms with Crippen LogP contribution in [-0.4, -0.2) is 47.4 Å². The van der Waals surface area contributed by atoms with Crippen LogP contribution in [-0.2, 0) is 14.3 Å². The topological polar surface area (TPSA) is 95.9 Å². The minimum Gasteiger partial charge on any atom is -0.466 e. The molecule has 0 aromatic rings. The van der Waals surface area contributed by atoms with Crippen LogP contribution in [0.15, 0.2) is 48.6 Å². The number of nitrogens with one attached hydrogen (secondary N) is 1. The van der Waals surface area contributed by atoms with Crippen molar-refractivity contribution in [3.8, 4) is 0 Å². The van der Waals surface area contributed by atoms with Crippen molar-refractivity contribution in [3.63, 3.8) is 0 Å². The van der Waals surface area contributed by atoms with E-state index >= 15 is 0 Å². The molecule has 3 N–H and O–H groups in total. The molecule has 0 rings (SSSR count). The highest BCUT2D eigenvalue weighted by Gasteiger charge is 2.18. The van der Waals surface area contributed by atoms with Crippen molar-refractivity contribution >= 4 is 11.9 Å². The second-order valence-electron chi connectivity index (χ2n) is 17.8. The van der Waals surface area contributed by atoms with Gasteiger partial charge >= 0.3 is 5.97 Å². The lowest BCUT2D eigenvalue weighted by molar-refractivity contribution is -0.143. The van der Waals surface area contributed by atoms with E-state index in [9.17, 15) is 19.8 Å². The van der Waals surface area contributed by atoms with Gasteiger partial charge in [-0.3, -0.25) is 9.59 Å². The van der Waals surface area contributed by atoms with E-state index in [1.165, 1.54) is 148 Å². The number of hydrogen-bond acceptors (Lipinski definition) is 5. The fourth-order valence-electron chi connectivity index (χ4n) is 7.71. The van der Waals surface area contributed by atoms with Crippen LogP contribution in [0.5, 0.6) is 0 Å². The maximum Gasteiger partial charge on any atom is 0.305 e. The molecular weight excluding hydrogens is 755 g/mol. The number of aliphatic hydroxyl groups is 2. The van der Waals surface area contributed by atoms with E-state index in [2.05, 4.69) is 55.6 Å². The van der Waals surface area contributed by atoms with Crippen molar-refractivity contribution in [1.29, 1.82) is 0 Å². The molecule has 0 radical (unpaired) electrons. The zero-order chi connectivity index (χ0) is 44.4. The lowest BCUT2D eigenvalue weighted by atomic mass is 10.0. The first-order chi connectivity index (χ1) is 30.0. The number of unbranched alkanes of at least 4 members (excludes halogenated alkanes) is 31. The molecule has 1 amide bonds. The third kappa shape index (κ3) is 47.1. The molecule has 0 bridgehead atoms. The Morgan fingerprint density at radius 1 is 0.459 bits per heavy atom. The van der Waals surface area contributed by atoms with Gasteiger partial charge in [0.05, 0.1) is 25.4 Å².